The summed E-state index contributed by atoms with van der Waals surface area (Å²) in [7, 11) is 0. The number of nitrogens with zero attached hydrogens (tertiary/aromatic N) is 3. The van der Waals surface area contributed by atoms with Crippen molar-refractivity contribution in [2.75, 3.05) is 12.3 Å². The minimum Gasteiger partial charge on any atom is -1.00 e. The van der Waals surface area contributed by atoms with Crippen molar-refractivity contribution in [1.82, 2.24) is 9.97 Å². The van der Waals surface area contributed by atoms with Crippen LogP contribution in [-0.4, -0.2) is 21.7 Å². The third-order valence-corrected chi connectivity index (χ3v) is 4.00. The van der Waals surface area contributed by atoms with Crippen LogP contribution in [0.3, 0.4) is 0 Å². The Bertz CT molecular complexity index is 559. The number of halogens is 1. The summed E-state index contributed by atoms with van der Waals surface area (Å²) in [6, 6.07) is 0. The highest BCUT2D eigenvalue weighted by atomic mass is 79.9. The van der Waals surface area contributed by atoms with E-state index in [1.807, 2.05) is 19.4 Å². The molecule has 0 amide bonds. The van der Waals surface area contributed by atoms with E-state index in [1.165, 1.54) is 4.88 Å². The van der Waals surface area contributed by atoms with Gasteiger partial charge in [-0.05, 0) is 6.92 Å². The van der Waals surface area contributed by atoms with Crippen LogP contribution in [0.5, 0.6) is 0 Å². The predicted molar refractivity (Wildman–Crippen MR) is 70.3 cm³/mol. The molecule has 7 heteroatoms. The van der Waals surface area contributed by atoms with Crippen LogP contribution < -0.4 is 27.3 Å². The maximum absolute atomic E-state index is 8.98. The Morgan fingerprint density at radius 1 is 1.42 bits per heavy atom. The molecule has 0 bridgehead atoms. The molecule has 0 radical (unpaired) electrons. The lowest BCUT2D eigenvalue weighted by Gasteiger charge is -2.01. The monoisotopic (exact) mass is 344 g/mol. The SMILES string of the molecule is Cc1ncc(C[n+]2csc(CCO)c2C)c(N)n1.[Br-]. The van der Waals surface area contributed by atoms with Crippen LogP contribution in [-0.2, 0) is 13.0 Å². The molecule has 0 aliphatic rings. The van der Waals surface area contributed by atoms with Crippen LogP contribution >= 0.6 is 11.3 Å². The number of nitrogens with two attached hydrogens (primary N) is 1. The standard InChI is InChI=1S/C12H17N4OS.BrH/c1-8-11(3-4-17)18-7-16(8)6-10-5-14-9(2)15-12(10)13;/h5,7,17H,3-4,6H2,1-2H3,(H2,13,14,15);1H/q+1;/p-1. The lowest BCUT2D eigenvalue weighted by molar-refractivity contribution is -0.689. The van der Waals surface area contributed by atoms with E-state index >= 15 is 0 Å². The quantitative estimate of drug-likeness (QED) is 0.607. The van der Waals surface area contributed by atoms with Gasteiger partial charge < -0.3 is 27.8 Å². The smallest absolute Gasteiger partial charge is 0.225 e. The number of thiazole rings is 1. The summed E-state index contributed by atoms with van der Waals surface area (Å²) >= 11 is 1.65. The van der Waals surface area contributed by atoms with E-state index in [4.69, 9.17) is 10.8 Å². The average molecular weight is 345 g/mol. The summed E-state index contributed by atoms with van der Waals surface area (Å²) in [6.07, 6.45) is 2.47. The third kappa shape index (κ3) is 3.71. The van der Waals surface area contributed by atoms with Crippen molar-refractivity contribution in [3.63, 3.8) is 0 Å². The maximum Gasteiger partial charge on any atom is 0.225 e. The Morgan fingerprint density at radius 2 is 2.16 bits per heavy atom. The summed E-state index contributed by atoms with van der Waals surface area (Å²) in [6.45, 7) is 4.71. The molecular formula is C12H17BrN4OS. The fourth-order valence-corrected chi connectivity index (χ4v) is 2.75. The Morgan fingerprint density at radius 3 is 2.79 bits per heavy atom. The number of rotatable bonds is 4. The zero-order chi connectivity index (χ0) is 13.1. The highest BCUT2D eigenvalue weighted by molar-refractivity contribution is 7.09. The molecule has 2 rings (SSSR count). The van der Waals surface area contributed by atoms with Crippen molar-refractivity contribution in [1.29, 1.82) is 0 Å². The van der Waals surface area contributed by atoms with Gasteiger partial charge in [-0.3, -0.25) is 0 Å². The van der Waals surface area contributed by atoms with Gasteiger partial charge in [0.1, 0.15) is 11.6 Å². The molecule has 3 N–H and O–H groups in total. The molecule has 0 aromatic carbocycles. The van der Waals surface area contributed by atoms with Crippen LogP contribution in [0.4, 0.5) is 5.82 Å². The number of aliphatic hydroxyl groups is 1. The van der Waals surface area contributed by atoms with E-state index in [0.717, 1.165) is 11.3 Å². The molecule has 2 aromatic rings. The molecule has 104 valence electrons. The normalized spacial score (nSPS) is 10.3. The predicted octanol–water partition coefficient (Wildman–Crippen LogP) is -2.39. The van der Waals surface area contributed by atoms with E-state index < -0.39 is 0 Å². The van der Waals surface area contributed by atoms with E-state index in [0.29, 0.717) is 24.6 Å². The van der Waals surface area contributed by atoms with E-state index in [1.54, 1.807) is 17.5 Å². The number of aromatic nitrogens is 3. The first-order chi connectivity index (χ1) is 8.61. The number of nitrogen functional groups attached to an aromatic ring is 1. The molecule has 0 atom stereocenters. The van der Waals surface area contributed by atoms with Crippen LogP contribution in [0, 0.1) is 13.8 Å². The molecule has 2 heterocycles. The second-order valence-corrected chi connectivity index (χ2v) is 5.10. The maximum atomic E-state index is 8.98. The van der Waals surface area contributed by atoms with Crippen molar-refractivity contribution in [3.8, 4) is 0 Å². The Balaban J connectivity index is 0.00000180. The van der Waals surface area contributed by atoms with Gasteiger partial charge in [0.25, 0.3) is 0 Å². The minimum atomic E-state index is 0. The van der Waals surface area contributed by atoms with Crippen molar-refractivity contribution in [3.05, 3.63) is 33.7 Å². The van der Waals surface area contributed by atoms with Gasteiger partial charge in [0.2, 0.25) is 5.51 Å². The summed E-state index contributed by atoms with van der Waals surface area (Å²) in [5.74, 6) is 1.22. The zero-order valence-electron chi connectivity index (χ0n) is 10.9. The first-order valence-corrected chi connectivity index (χ1v) is 6.65. The lowest BCUT2D eigenvalue weighted by atomic mass is 10.2. The van der Waals surface area contributed by atoms with Gasteiger partial charge >= 0.3 is 0 Å². The second kappa shape index (κ2) is 6.93. The summed E-state index contributed by atoms with van der Waals surface area (Å²) in [5, 5.41) is 8.98. The molecule has 0 saturated carbocycles. The first-order valence-electron chi connectivity index (χ1n) is 5.77. The van der Waals surface area contributed by atoms with Gasteiger partial charge in [-0.15, -0.1) is 0 Å². The number of aryl methyl sites for hydroxylation is 1. The highest BCUT2D eigenvalue weighted by Gasteiger charge is 2.16. The molecule has 5 nitrogen and oxygen atoms in total. The van der Waals surface area contributed by atoms with Crippen molar-refractivity contribution in [2.24, 2.45) is 0 Å². The Labute approximate surface area is 126 Å². The molecule has 0 aliphatic heterocycles. The molecule has 0 unspecified atom stereocenters. The fraction of sp³-hybridized carbons (Fsp3) is 0.417. The van der Waals surface area contributed by atoms with E-state index in [9.17, 15) is 0 Å². The molecule has 2 aromatic heterocycles. The van der Waals surface area contributed by atoms with Crippen LogP contribution in [0.2, 0.25) is 0 Å². The van der Waals surface area contributed by atoms with Gasteiger partial charge in [0, 0.05) is 26.1 Å². The topological polar surface area (TPSA) is 75.9 Å². The summed E-state index contributed by atoms with van der Waals surface area (Å²) in [4.78, 5) is 9.53. The number of aliphatic hydroxyl groups excluding tert-OH is 1. The largest absolute Gasteiger partial charge is 1.00 e. The molecule has 19 heavy (non-hydrogen) atoms. The second-order valence-electron chi connectivity index (χ2n) is 4.16. The molecule has 0 fully saturated rings. The third-order valence-electron chi connectivity index (χ3n) is 2.85. The minimum absolute atomic E-state index is 0. The van der Waals surface area contributed by atoms with E-state index in [2.05, 4.69) is 14.5 Å². The molecule has 0 aliphatic carbocycles. The number of anilines is 1. The van der Waals surface area contributed by atoms with E-state index in [-0.39, 0.29) is 23.6 Å². The average Bonchev–Trinajstić information content (AvgIpc) is 2.66. The Kier molecular flexibility index (Phi) is 5.84. The molecule has 0 saturated heterocycles. The van der Waals surface area contributed by atoms with Crippen LogP contribution in [0.25, 0.3) is 0 Å². The van der Waals surface area contributed by atoms with Crippen LogP contribution in [0.15, 0.2) is 11.7 Å². The fourth-order valence-electron chi connectivity index (χ4n) is 1.77. The van der Waals surface area contributed by atoms with Gasteiger partial charge in [0.15, 0.2) is 12.2 Å². The van der Waals surface area contributed by atoms with Crippen molar-refractivity contribution >= 4 is 17.2 Å². The van der Waals surface area contributed by atoms with Crippen molar-refractivity contribution in [2.45, 2.75) is 26.8 Å². The van der Waals surface area contributed by atoms with Gasteiger partial charge in [-0.1, -0.05) is 11.3 Å². The van der Waals surface area contributed by atoms with Crippen molar-refractivity contribution < 1.29 is 26.7 Å². The van der Waals surface area contributed by atoms with Gasteiger partial charge in [-0.25, -0.2) is 9.97 Å². The highest BCUT2D eigenvalue weighted by Crippen LogP contribution is 2.13. The van der Waals surface area contributed by atoms with Gasteiger partial charge in [0.05, 0.1) is 10.4 Å². The summed E-state index contributed by atoms with van der Waals surface area (Å²) < 4.78 is 2.11. The lowest BCUT2D eigenvalue weighted by Crippen LogP contribution is -3.00. The summed E-state index contributed by atoms with van der Waals surface area (Å²) in [5.41, 5.74) is 10.0. The van der Waals surface area contributed by atoms with Gasteiger partial charge in [-0.2, -0.15) is 4.57 Å². The molecule has 0 spiro atoms. The number of hydrogen-bond donors (Lipinski definition) is 2. The first kappa shape index (κ1) is 16.0. The molecular weight excluding hydrogens is 328 g/mol. The number of hydrogen-bond acceptors (Lipinski definition) is 5. The van der Waals surface area contributed by atoms with Crippen LogP contribution in [0.1, 0.15) is 22.0 Å². The Hall–Kier alpha value is -1.05. The zero-order valence-corrected chi connectivity index (χ0v) is 13.3.